The van der Waals surface area contributed by atoms with Gasteiger partial charge in [0.25, 0.3) is 5.91 Å². The van der Waals surface area contributed by atoms with Gasteiger partial charge < -0.3 is 14.5 Å². The topological polar surface area (TPSA) is 71.8 Å². The number of anilines is 1. The van der Waals surface area contributed by atoms with E-state index in [4.69, 9.17) is 9.15 Å². The predicted molar refractivity (Wildman–Crippen MR) is 123 cm³/mol. The lowest BCUT2D eigenvalue weighted by molar-refractivity contribution is 0.0990. The van der Waals surface area contributed by atoms with E-state index >= 15 is 0 Å². The number of carbonyl (C=O) groups excluding carboxylic acids is 2. The van der Waals surface area contributed by atoms with E-state index in [9.17, 15) is 9.59 Å². The number of furan rings is 1. The van der Waals surface area contributed by atoms with Gasteiger partial charge in [-0.15, -0.1) is 0 Å². The van der Waals surface area contributed by atoms with Gasteiger partial charge in [0.1, 0.15) is 18.1 Å². The van der Waals surface area contributed by atoms with E-state index in [1.54, 1.807) is 36.4 Å². The van der Waals surface area contributed by atoms with Crippen molar-refractivity contribution in [1.82, 2.24) is 4.90 Å². The average Bonchev–Trinajstić information content (AvgIpc) is 3.29. The molecule has 0 radical (unpaired) electrons. The van der Waals surface area contributed by atoms with Crippen LogP contribution in [0.5, 0.6) is 5.75 Å². The molecule has 6 nitrogen and oxygen atoms in total. The number of carbonyl (C=O) groups is 2. The molecule has 1 saturated heterocycles. The third-order valence-corrected chi connectivity index (χ3v) is 5.59. The molecule has 0 bridgehead atoms. The number of likely N-dealkylation sites (tertiary alicyclic amines) is 1. The molecule has 0 aliphatic carbocycles. The number of nitrogens with zero attached hydrogens (tertiary/aromatic N) is 1. The Balaban J connectivity index is 1.28. The first-order valence-corrected chi connectivity index (χ1v) is 11.0. The highest BCUT2D eigenvalue weighted by molar-refractivity contribution is 6.02. The summed E-state index contributed by atoms with van der Waals surface area (Å²) in [5.74, 6) is 1.11. The molecule has 6 heteroatoms. The number of rotatable bonds is 8. The van der Waals surface area contributed by atoms with Crippen molar-refractivity contribution < 1.29 is 18.7 Å². The third kappa shape index (κ3) is 5.86. The molecule has 0 saturated carbocycles. The first-order valence-electron chi connectivity index (χ1n) is 11.0. The Morgan fingerprint density at radius 3 is 2.34 bits per heavy atom. The van der Waals surface area contributed by atoms with Crippen molar-refractivity contribution in [3.05, 3.63) is 83.3 Å². The van der Waals surface area contributed by atoms with Crippen LogP contribution >= 0.6 is 0 Å². The van der Waals surface area contributed by atoms with Gasteiger partial charge in [0.05, 0.1) is 0 Å². The average molecular weight is 433 g/mol. The molecule has 1 fully saturated rings. The molecule has 32 heavy (non-hydrogen) atoms. The van der Waals surface area contributed by atoms with Crippen molar-refractivity contribution in [3.8, 4) is 5.75 Å². The Morgan fingerprint density at radius 1 is 0.938 bits per heavy atom. The molecular weight excluding hydrogens is 404 g/mol. The quantitative estimate of drug-likeness (QED) is 0.489. The Kier molecular flexibility index (Phi) is 7.02. The van der Waals surface area contributed by atoms with Crippen LogP contribution in [0.1, 0.15) is 58.4 Å². The van der Waals surface area contributed by atoms with E-state index in [1.165, 1.54) is 31.7 Å². The molecule has 1 aromatic heterocycles. The van der Waals surface area contributed by atoms with E-state index in [1.807, 2.05) is 12.1 Å². The maximum absolute atomic E-state index is 12.5. The standard InChI is InChI=1S/C26H28N2O4/c1-19(29)21-7-11-23(12-8-21)31-18-24-13-14-25(32-24)26(30)27-22-9-5-20(6-10-22)17-28-15-3-2-4-16-28/h5-14H,2-4,15-18H2,1H3,(H,27,30). The van der Waals surface area contributed by atoms with Crippen LogP contribution in [0.3, 0.4) is 0 Å². The molecule has 0 atom stereocenters. The van der Waals surface area contributed by atoms with Crippen molar-refractivity contribution in [2.24, 2.45) is 0 Å². The molecule has 0 spiro atoms. The summed E-state index contributed by atoms with van der Waals surface area (Å²) >= 11 is 0. The lowest BCUT2D eigenvalue weighted by Crippen LogP contribution is -2.29. The zero-order valence-corrected chi connectivity index (χ0v) is 18.3. The number of ketones is 1. The third-order valence-electron chi connectivity index (χ3n) is 5.59. The van der Waals surface area contributed by atoms with E-state index in [0.717, 1.165) is 25.3 Å². The Hall–Kier alpha value is -3.38. The zero-order chi connectivity index (χ0) is 22.3. The summed E-state index contributed by atoms with van der Waals surface area (Å²) in [7, 11) is 0. The SMILES string of the molecule is CC(=O)c1ccc(OCc2ccc(C(=O)Nc3ccc(CN4CCCCC4)cc3)o2)cc1. The molecule has 2 heterocycles. The molecule has 3 aromatic rings. The predicted octanol–water partition coefficient (Wildman–Crippen LogP) is 5.30. The van der Waals surface area contributed by atoms with Crippen LogP contribution in [0.15, 0.2) is 65.1 Å². The highest BCUT2D eigenvalue weighted by Gasteiger charge is 2.13. The molecule has 2 aromatic carbocycles. The summed E-state index contributed by atoms with van der Waals surface area (Å²) in [5, 5.41) is 2.87. The molecule has 1 N–H and O–H groups in total. The van der Waals surface area contributed by atoms with Crippen LogP contribution < -0.4 is 10.1 Å². The summed E-state index contributed by atoms with van der Waals surface area (Å²) in [6, 6.07) is 18.2. The van der Waals surface area contributed by atoms with Crippen LogP contribution in [0.25, 0.3) is 0 Å². The number of nitrogens with one attached hydrogen (secondary N) is 1. The van der Waals surface area contributed by atoms with Gasteiger partial charge >= 0.3 is 0 Å². The lowest BCUT2D eigenvalue weighted by Gasteiger charge is -2.26. The fourth-order valence-corrected chi connectivity index (χ4v) is 3.78. The van der Waals surface area contributed by atoms with Gasteiger partial charge in [-0.2, -0.15) is 0 Å². The van der Waals surface area contributed by atoms with Gasteiger partial charge in [-0.1, -0.05) is 18.6 Å². The van der Waals surface area contributed by atoms with Crippen molar-refractivity contribution in [2.75, 3.05) is 18.4 Å². The van der Waals surface area contributed by atoms with Crippen molar-refractivity contribution >= 4 is 17.4 Å². The second-order valence-electron chi connectivity index (χ2n) is 8.12. The second-order valence-corrected chi connectivity index (χ2v) is 8.12. The van der Waals surface area contributed by atoms with Crippen molar-refractivity contribution in [1.29, 1.82) is 0 Å². The van der Waals surface area contributed by atoms with Crippen molar-refractivity contribution in [3.63, 3.8) is 0 Å². The maximum atomic E-state index is 12.5. The number of benzene rings is 2. The normalized spacial score (nSPS) is 14.2. The second kappa shape index (κ2) is 10.3. The van der Waals surface area contributed by atoms with E-state index in [2.05, 4.69) is 22.3 Å². The van der Waals surface area contributed by atoms with Gasteiger partial charge in [0.15, 0.2) is 11.5 Å². The first kappa shape index (κ1) is 21.8. The number of hydrogen-bond donors (Lipinski definition) is 1. The fraction of sp³-hybridized carbons (Fsp3) is 0.308. The number of amides is 1. The molecule has 4 rings (SSSR count). The Bertz CT molecular complexity index is 1050. The zero-order valence-electron chi connectivity index (χ0n) is 18.3. The Labute approximate surface area is 188 Å². The number of ether oxygens (including phenoxy) is 1. The summed E-state index contributed by atoms with van der Waals surface area (Å²) in [5.41, 5.74) is 2.62. The maximum Gasteiger partial charge on any atom is 0.291 e. The smallest absolute Gasteiger partial charge is 0.291 e. The van der Waals surface area contributed by atoms with Gasteiger partial charge in [-0.05, 0) is 86.9 Å². The molecule has 0 unspecified atom stereocenters. The van der Waals surface area contributed by atoms with Gasteiger partial charge in [0, 0.05) is 17.8 Å². The molecule has 1 aliphatic heterocycles. The molecule has 1 amide bonds. The largest absolute Gasteiger partial charge is 0.486 e. The lowest BCUT2D eigenvalue weighted by atomic mass is 10.1. The van der Waals surface area contributed by atoms with Crippen LogP contribution in [0.4, 0.5) is 5.69 Å². The summed E-state index contributed by atoms with van der Waals surface area (Å²) < 4.78 is 11.3. The number of hydrogen-bond acceptors (Lipinski definition) is 5. The molecule has 1 aliphatic rings. The monoisotopic (exact) mass is 432 g/mol. The summed E-state index contributed by atoms with van der Waals surface area (Å²) in [6.45, 7) is 4.99. The highest BCUT2D eigenvalue weighted by Crippen LogP contribution is 2.18. The number of Topliss-reactive ketones (excluding diaryl/α,β-unsaturated/α-hetero) is 1. The molecule has 166 valence electrons. The van der Waals surface area contributed by atoms with E-state index in [-0.39, 0.29) is 24.1 Å². The summed E-state index contributed by atoms with van der Waals surface area (Å²) in [4.78, 5) is 26.3. The van der Waals surface area contributed by atoms with E-state index < -0.39 is 0 Å². The summed E-state index contributed by atoms with van der Waals surface area (Å²) in [6.07, 6.45) is 3.88. The van der Waals surface area contributed by atoms with Gasteiger partial charge in [-0.3, -0.25) is 14.5 Å². The first-order chi connectivity index (χ1) is 15.6. The number of piperidine rings is 1. The fourth-order valence-electron chi connectivity index (χ4n) is 3.78. The van der Waals surface area contributed by atoms with Crippen LogP contribution in [-0.4, -0.2) is 29.7 Å². The molecular formula is C26H28N2O4. The van der Waals surface area contributed by atoms with Gasteiger partial charge in [-0.25, -0.2) is 0 Å². The minimum atomic E-state index is -0.300. The highest BCUT2D eigenvalue weighted by atomic mass is 16.5. The van der Waals surface area contributed by atoms with Crippen LogP contribution in [0.2, 0.25) is 0 Å². The van der Waals surface area contributed by atoms with Crippen LogP contribution in [0, 0.1) is 0 Å². The minimum Gasteiger partial charge on any atom is -0.486 e. The minimum absolute atomic E-state index is 0.00915. The van der Waals surface area contributed by atoms with E-state index in [0.29, 0.717) is 17.1 Å². The van der Waals surface area contributed by atoms with Crippen LogP contribution in [-0.2, 0) is 13.2 Å². The van der Waals surface area contributed by atoms with Crippen molar-refractivity contribution in [2.45, 2.75) is 39.3 Å². The Morgan fingerprint density at radius 2 is 1.66 bits per heavy atom. The van der Waals surface area contributed by atoms with Gasteiger partial charge in [0.2, 0.25) is 0 Å².